The minimum atomic E-state index is -0.402. The first kappa shape index (κ1) is 49.3. The normalized spacial score (nSPS) is 11.8. The van der Waals surface area contributed by atoms with Crippen molar-refractivity contribution in [2.24, 2.45) is 5.73 Å². The zero-order valence-corrected chi connectivity index (χ0v) is 40.9. The Morgan fingerprint density at radius 1 is 0.475 bits per heavy atom. The number of carbonyl (C=O) groups excluding carboxylic acids is 2. The van der Waals surface area contributed by atoms with Crippen molar-refractivity contribution in [3.63, 3.8) is 0 Å². The Kier molecular flexibility index (Phi) is 17.1. The molecule has 1 amide bonds. The maximum Gasteiger partial charge on any atom is 0.252 e. The van der Waals surface area contributed by atoms with E-state index < -0.39 is 5.24 Å². The van der Waals surface area contributed by atoms with E-state index in [1.165, 1.54) is 52.9 Å². The quantitative estimate of drug-likeness (QED) is 0.142. The summed E-state index contributed by atoms with van der Waals surface area (Å²) in [5.74, 6) is -0.00925. The fraction of sp³-hybridized carbons (Fsp3) is 0.370. The van der Waals surface area contributed by atoms with Crippen LogP contribution in [0.3, 0.4) is 0 Å². The van der Waals surface area contributed by atoms with Gasteiger partial charge in [-0.05, 0) is 135 Å². The van der Waals surface area contributed by atoms with Gasteiger partial charge in [-0.2, -0.15) is 0 Å². The molecule has 3 N–H and O–H groups in total. The molecule has 0 radical (unpaired) electrons. The van der Waals surface area contributed by atoms with Crippen LogP contribution in [0.5, 0.6) is 0 Å². The summed E-state index contributed by atoms with van der Waals surface area (Å²) in [4.78, 5) is 28.5. The Morgan fingerprint density at radius 3 is 1.13 bits per heavy atom. The van der Waals surface area contributed by atoms with Crippen molar-refractivity contribution < 1.29 is 9.59 Å². The van der Waals surface area contributed by atoms with Crippen LogP contribution in [-0.2, 0) is 34.5 Å². The molecule has 0 atom stereocenters. The fourth-order valence-corrected chi connectivity index (χ4v) is 8.54. The second kappa shape index (κ2) is 21.2. The molecule has 0 saturated heterocycles. The number of nitrogens with two attached hydrogens (primary N) is 1. The lowest BCUT2D eigenvalue weighted by Gasteiger charge is -2.19. The first-order chi connectivity index (χ1) is 28.4. The zero-order valence-electron chi connectivity index (χ0n) is 38.5. The van der Waals surface area contributed by atoms with E-state index >= 15 is 0 Å². The summed E-state index contributed by atoms with van der Waals surface area (Å²) < 4.78 is 0. The predicted molar refractivity (Wildman–Crippen MR) is 266 cm³/mol. The number of benzene rings is 4. The first-order valence-corrected chi connectivity index (χ1v) is 23.3. The second-order valence-corrected chi connectivity index (χ2v) is 22.3. The van der Waals surface area contributed by atoms with E-state index in [0.717, 1.165) is 19.4 Å². The molecule has 0 bridgehead atoms. The summed E-state index contributed by atoms with van der Waals surface area (Å²) in [5.41, 5.74) is 15.2. The van der Waals surface area contributed by atoms with Gasteiger partial charge in [0.25, 0.3) is 11.1 Å². The molecular formula is C54H67ClN2O2S2. The third kappa shape index (κ3) is 15.2. The molecule has 0 aliphatic rings. The number of thiophene rings is 2. The van der Waals surface area contributed by atoms with Crippen LogP contribution >= 0.6 is 34.3 Å². The highest BCUT2D eigenvalue weighted by Crippen LogP contribution is 2.32. The van der Waals surface area contributed by atoms with Gasteiger partial charge in [0.1, 0.15) is 0 Å². The van der Waals surface area contributed by atoms with E-state index in [9.17, 15) is 9.59 Å². The Morgan fingerprint density at radius 2 is 0.803 bits per heavy atom. The van der Waals surface area contributed by atoms with Gasteiger partial charge in [-0.1, -0.05) is 156 Å². The SMILES string of the molecule is CC(C)(C)c1ccc(-c2ccc(CCN)s2)cc1.CC(C)(C)c1ccc(C(=O)Cl)cc1.CC(C)(C)c1ccc(C(=O)NCCc2ccc(-c3ccc(C(C)(C)C)cc3)s2)cc1. The minimum Gasteiger partial charge on any atom is -0.352 e. The molecule has 2 aromatic heterocycles. The van der Waals surface area contributed by atoms with Crippen LogP contribution in [0.15, 0.2) is 121 Å². The molecule has 0 aliphatic heterocycles. The van der Waals surface area contributed by atoms with E-state index in [0.29, 0.717) is 17.7 Å². The second-order valence-electron chi connectivity index (χ2n) is 19.7. The lowest BCUT2D eigenvalue weighted by molar-refractivity contribution is 0.0953. The van der Waals surface area contributed by atoms with Crippen molar-refractivity contribution in [1.82, 2.24) is 5.32 Å². The van der Waals surface area contributed by atoms with Crippen molar-refractivity contribution in [1.29, 1.82) is 0 Å². The molecule has 4 nitrogen and oxygen atoms in total. The van der Waals surface area contributed by atoms with Gasteiger partial charge in [0.15, 0.2) is 0 Å². The van der Waals surface area contributed by atoms with Gasteiger partial charge in [0.05, 0.1) is 0 Å². The van der Waals surface area contributed by atoms with Gasteiger partial charge >= 0.3 is 0 Å². The summed E-state index contributed by atoms with van der Waals surface area (Å²) in [5, 5.41) is 2.64. The highest BCUT2D eigenvalue weighted by Gasteiger charge is 2.17. The van der Waals surface area contributed by atoms with Crippen LogP contribution in [0.2, 0.25) is 0 Å². The van der Waals surface area contributed by atoms with E-state index in [-0.39, 0.29) is 27.6 Å². The smallest absolute Gasteiger partial charge is 0.252 e. The molecule has 0 unspecified atom stereocenters. The van der Waals surface area contributed by atoms with Crippen molar-refractivity contribution in [2.75, 3.05) is 13.1 Å². The highest BCUT2D eigenvalue weighted by atomic mass is 35.5. The Bertz CT molecular complexity index is 2290. The highest BCUT2D eigenvalue weighted by molar-refractivity contribution is 7.15. The average molecular weight is 876 g/mol. The lowest BCUT2D eigenvalue weighted by atomic mass is 9.86. The topological polar surface area (TPSA) is 72.2 Å². The molecule has 61 heavy (non-hydrogen) atoms. The van der Waals surface area contributed by atoms with Crippen LogP contribution in [0.1, 0.15) is 136 Å². The minimum absolute atomic E-state index is 0.00925. The molecule has 0 spiro atoms. The first-order valence-electron chi connectivity index (χ1n) is 21.2. The Labute approximate surface area is 380 Å². The van der Waals surface area contributed by atoms with E-state index in [1.807, 2.05) is 47.7 Å². The van der Waals surface area contributed by atoms with Gasteiger partial charge in [-0.3, -0.25) is 9.59 Å². The van der Waals surface area contributed by atoms with Gasteiger partial charge in [-0.25, -0.2) is 0 Å². The molecule has 6 rings (SSSR count). The lowest BCUT2D eigenvalue weighted by Crippen LogP contribution is -2.25. The van der Waals surface area contributed by atoms with Gasteiger partial charge in [0, 0.05) is 37.2 Å². The number of hydrogen-bond acceptors (Lipinski definition) is 5. The molecule has 0 fully saturated rings. The number of carbonyl (C=O) groups is 2. The summed E-state index contributed by atoms with van der Waals surface area (Å²) >= 11 is 8.97. The van der Waals surface area contributed by atoms with Crippen molar-refractivity contribution >= 4 is 45.4 Å². The summed E-state index contributed by atoms with van der Waals surface area (Å²) in [6.07, 6.45) is 1.82. The van der Waals surface area contributed by atoms with Crippen molar-refractivity contribution in [3.05, 3.63) is 164 Å². The Balaban J connectivity index is 0.000000223. The van der Waals surface area contributed by atoms with Crippen LogP contribution < -0.4 is 11.1 Å². The van der Waals surface area contributed by atoms with E-state index in [4.69, 9.17) is 17.3 Å². The molecular weight excluding hydrogens is 808 g/mol. The Hall–Kier alpha value is -4.33. The predicted octanol–water partition coefficient (Wildman–Crippen LogP) is 14.6. The van der Waals surface area contributed by atoms with E-state index in [1.54, 1.807) is 23.5 Å². The number of amides is 1. The number of rotatable bonds is 9. The van der Waals surface area contributed by atoms with Crippen LogP contribution in [0, 0.1) is 0 Å². The van der Waals surface area contributed by atoms with Gasteiger partial charge in [0.2, 0.25) is 0 Å². The third-order valence-electron chi connectivity index (χ3n) is 10.4. The molecule has 4 aromatic carbocycles. The van der Waals surface area contributed by atoms with Crippen LogP contribution in [0.4, 0.5) is 0 Å². The summed E-state index contributed by atoms with van der Waals surface area (Å²) in [6, 6.07) is 41.8. The van der Waals surface area contributed by atoms with E-state index in [2.05, 4.69) is 161 Å². The molecule has 6 aromatic rings. The number of hydrogen-bond donors (Lipinski definition) is 2. The summed E-state index contributed by atoms with van der Waals surface area (Å²) in [6.45, 7) is 27.7. The van der Waals surface area contributed by atoms with Crippen LogP contribution in [-0.4, -0.2) is 24.2 Å². The molecule has 324 valence electrons. The molecule has 0 saturated carbocycles. The molecule has 2 heterocycles. The summed E-state index contributed by atoms with van der Waals surface area (Å²) in [7, 11) is 0. The zero-order chi connectivity index (χ0) is 45.2. The number of nitrogens with one attached hydrogen (secondary N) is 1. The maximum absolute atomic E-state index is 12.4. The fourth-order valence-electron chi connectivity index (χ4n) is 6.37. The molecule has 0 aliphatic carbocycles. The van der Waals surface area contributed by atoms with Crippen molar-refractivity contribution in [3.8, 4) is 20.9 Å². The monoisotopic (exact) mass is 874 g/mol. The van der Waals surface area contributed by atoms with Gasteiger partial charge < -0.3 is 11.1 Å². The molecule has 7 heteroatoms. The maximum atomic E-state index is 12.4. The third-order valence-corrected chi connectivity index (χ3v) is 13.0. The average Bonchev–Trinajstić information content (AvgIpc) is 3.88. The largest absolute Gasteiger partial charge is 0.352 e. The van der Waals surface area contributed by atoms with Gasteiger partial charge in [-0.15, -0.1) is 22.7 Å². The standard InChI is InChI=1S/C27H33NOS.C16H21NS.C11H13ClO/c1-26(2,3)21-11-7-19(8-12-21)24-16-15-23(30-24)17-18-28-25(29)20-9-13-22(14-10-20)27(4,5)6;1-16(2,3)13-6-4-12(5-7-13)15-9-8-14(18-15)10-11-17;1-11(2,3)9-6-4-8(5-7-9)10(12)13/h7-16H,17-18H2,1-6H3,(H,28,29);4-9H,10-11,17H2,1-3H3;4-7H,1-3H3. The number of halogens is 1. The van der Waals surface area contributed by atoms with Crippen molar-refractivity contribution in [2.45, 2.75) is 118 Å². The van der Waals surface area contributed by atoms with Crippen LogP contribution in [0.25, 0.3) is 20.9 Å².